The van der Waals surface area contributed by atoms with Crippen molar-refractivity contribution in [3.63, 3.8) is 0 Å². The Bertz CT molecular complexity index is 886. The summed E-state index contributed by atoms with van der Waals surface area (Å²) in [7, 11) is -3.53. The fraction of sp³-hybridized carbons (Fsp3) is 0.0667. The lowest BCUT2D eigenvalue weighted by Gasteiger charge is -2.08. The van der Waals surface area contributed by atoms with Crippen molar-refractivity contribution in [2.75, 3.05) is 11.6 Å². The van der Waals surface area contributed by atoms with Crippen LogP contribution in [-0.2, 0) is 9.84 Å². The number of hydrogen-bond acceptors (Lipinski definition) is 4. The van der Waals surface area contributed by atoms with Gasteiger partial charge in [-0.2, -0.15) is 5.26 Å². The third-order valence-electron chi connectivity index (χ3n) is 2.84. The zero-order valence-electron chi connectivity index (χ0n) is 11.5. The van der Waals surface area contributed by atoms with E-state index in [1.54, 1.807) is 18.2 Å². The number of benzene rings is 2. The Morgan fingerprint density at radius 3 is 2.59 bits per heavy atom. The van der Waals surface area contributed by atoms with Crippen LogP contribution in [-0.4, -0.2) is 20.6 Å². The molecule has 7 heteroatoms. The third-order valence-corrected chi connectivity index (χ3v) is 4.42. The van der Waals surface area contributed by atoms with Gasteiger partial charge in [0.25, 0.3) is 5.91 Å². The minimum atomic E-state index is -3.53. The Morgan fingerprint density at radius 2 is 1.95 bits per heavy atom. The predicted octanol–water partition coefficient (Wildman–Crippen LogP) is 2.87. The van der Waals surface area contributed by atoms with E-state index in [1.165, 1.54) is 24.3 Å². The largest absolute Gasteiger partial charge is 0.322 e. The predicted molar refractivity (Wildman–Crippen MR) is 83.7 cm³/mol. The van der Waals surface area contributed by atoms with Crippen LogP contribution in [0.1, 0.15) is 15.9 Å². The van der Waals surface area contributed by atoms with Crippen LogP contribution >= 0.6 is 11.6 Å². The molecule has 0 saturated heterocycles. The van der Waals surface area contributed by atoms with Crippen LogP contribution in [0, 0.1) is 11.3 Å². The van der Waals surface area contributed by atoms with Crippen LogP contribution in [0.3, 0.4) is 0 Å². The quantitative estimate of drug-likeness (QED) is 0.934. The third kappa shape index (κ3) is 3.64. The average Bonchev–Trinajstić information content (AvgIpc) is 2.46. The molecule has 0 bridgehead atoms. The Kier molecular flexibility index (Phi) is 4.50. The van der Waals surface area contributed by atoms with E-state index < -0.39 is 15.7 Å². The highest BCUT2D eigenvalue weighted by molar-refractivity contribution is 7.90. The van der Waals surface area contributed by atoms with Gasteiger partial charge in [-0.1, -0.05) is 17.7 Å². The first kappa shape index (κ1) is 16.0. The van der Waals surface area contributed by atoms with Gasteiger partial charge < -0.3 is 5.32 Å². The Balaban J connectivity index is 2.32. The van der Waals surface area contributed by atoms with Gasteiger partial charge >= 0.3 is 0 Å². The normalized spacial score (nSPS) is 10.8. The zero-order valence-corrected chi connectivity index (χ0v) is 13.1. The number of nitriles is 1. The molecule has 1 N–H and O–H groups in total. The second kappa shape index (κ2) is 6.18. The molecule has 1 amide bonds. The minimum Gasteiger partial charge on any atom is -0.322 e. The molecule has 0 aromatic heterocycles. The molecular formula is C15H11ClN2O3S. The summed E-state index contributed by atoms with van der Waals surface area (Å²) in [6.07, 6.45) is 1.02. The Labute approximate surface area is 133 Å². The van der Waals surface area contributed by atoms with Gasteiger partial charge in [0, 0.05) is 17.5 Å². The first-order valence-electron chi connectivity index (χ1n) is 6.12. The Hall–Kier alpha value is -2.36. The molecule has 22 heavy (non-hydrogen) atoms. The van der Waals surface area contributed by atoms with E-state index in [0.29, 0.717) is 11.3 Å². The number of hydrogen-bond donors (Lipinski definition) is 1. The second-order valence-electron chi connectivity index (χ2n) is 4.56. The van der Waals surface area contributed by atoms with Crippen molar-refractivity contribution in [3.05, 3.63) is 58.6 Å². The standard InChI is InChI=1S/C15H11ClN2O3S/c1-22(20,21)14-8-11(5-6-13(14)16)15(19)18-12-4-2-3-10(7-12)9-17/h2-8H,1H3,(H,18,19). The molecular weight excluding hydrogens is 324 g/mol. The minimum absolute atomic E-state index is 0.0607. The molecule has 0 atom stereocenters. The number of sulfone groups is 1. The fourth-order valence-corrected chi connectivity index (χ4v) is 3.10. The molecule has 2 aromatic carbocycles. The highest BCUT2D eigenvalue weighted by Crippen LogP contribution is 2.23. The summed E-state index contributed by atoms with van der Waals surface area (Å²) in [6.45, 7) is 0. The van der Waals surface area contributed by atoms with Gasteiger partial charge in [-0.3, -0.25) is 4.79 Å². The smallest absolute Gasteiger partial charge is 0.255 e. The first-order valence-corrected chi connectivity index (χ1v) is 8.39. The second-order valence-corrected chi connectivity index (χ2v) is 6.96. The topological polar surface area (TPSA) is 87.0 Å². The van der Waals surface area contributed by atoms with Crippen molar-refractivity contribution in [1.29, 1.82) is 5.26 Å². The van der Waals surface area contributed by atoms with Crippen molar-refractivity contribution < 1.29 is 13.2 Å². The van der Waals surface area contributed by atoms with Crippen molar-refractivity contribution in [2.24, 2.45) is 0 Å². The lowest BCUT2D eigenvalue weighted by molar-refractivity contribution is 0.102. The summed E-state index contributed by atoms with van der Waals surface area (Å²) in [5.74, 6) is -0.489. The molecule has 0 radical (unpaired) electrons. The van der Waals surface area contributed by atoms with Gasteiger partial charge in [0.15, 0.2) is 9.84 Å². The fourth-order valence-electron chi connectivity index (χ4n) is 1.80. The summed E-state index contributed by atoms with van der Waals surface area (Å²) in [5, 5.41) is 11.5. The Morgan fingerprint density at radius 1 is 1.23 bits per heavy atom. The number of nitrogens with zero attached hydrogens (tertiary/aromatic N) is 1. The monoisotopic (exact) mass is 334 g/mol. The summed E-state index contributed by atoms with van der Waals surface area (Å²) in [6, 6.07) is 12.4. The summed E-state index contributed by atoms with van der Waals surface area (Å²) in [4.78, 5) is 12.1. The maximum absolute atomic E-state index is 12.2. The van der Waals surface area contributed by atoms with Gasteiger partial charge in [0.1, 0.15) is 0 Å². The van der Waals surface area contributed by atoms with E-state index in [-0.39, 0.29) is 15.5 Å². The van der Waals surface area contributed by atoms with Crippen molar-refractivity contribution >= 4 is 33.0 Å². The molecule has 0 heterocycles. The number of nitrogens with one attached hydrogen (secondary N) is 1. The molecule has 0 aliphatic rings. The van der Waals surface area contributed by atoms with Gasteiger partial charge in [-0.05, 0) is 36.4 Å². The highest BCUT2D eigenvalue weighted by Gasteiger charge is 2.16. The van der Waals surface area contributed by atoms with Gasteiger partial charge in [0.05, 0.1) is 21.6 Å². The number of amides is 1. The van der Waals surface area contributed by atoms with E-state index in [2.05, 4.69) is 5.32 Å². The highest BCUT2D eigenvalue weighted by atomic mass is 35.5. The van der Waals surface area contributed by atoms with E-state index in [1.807, 2.05) is 6.07 Å². The van der Waals surface area contributed by atoms with Crippen molar-refractivity contribution in [3.8, 4) is 6.07 Å². The maximum Gasteiger partial charge on any atom is 0.255 e. The van der Waals surface area contributed by atoms with Crippen molar-refractivity contribution in [1.82, 2.24) is 0 Å². The van der Waals surface area contributed by atoms with Crippen LogP contribution in [0.2, 0.25) is 5.02 Å². The van der Waals surface area contributed by atoms with Crippen LogP contribution in [0.4, 0.5) is 5.69 Å². The molecule has 2 aromatic rings. The van der Waals surface area contributed by atoms with Gasteiger partial charge in [-0.25, -0.2) is 8.42 Å². The number of anilines is 1. The molecule has 0 aliphatic carbocycles. The van der Waals surface area contributed by atoms with E-state index in [4.69, 9.17) is 16.9 Å². The maximum atomic E-state index is 12.2. The van der Waals surface area contributed by atoms with E-state index >= 15 is 0 Å². The molecule has 0 spiro atoms. The van der Waals surface area contributed by atoms with Crippen molar-refractivity contribution in [2.45, 2.75) is 4.90 Å². The van der Waals surface area contributed by atoms with Gasteiger partial charge in [-0.15, -0.1) is 0 Å². The molecule has 0 aliphatic heterocycles. The molecule has 112 valence electrons. The number of carbonyl (C=O) groups excluding carboxylic acids is 1. The van der Waals surface area contributed by atoms with E-state index in [9.17, 15) is 13.2 Å². The SMILES string of the molecule is CS(=O)(=O)c1cc(C(=O)Nc2cccc(C#N)c2)ccc1Cl. The van der Waals surface area contributed by atoms with Gasteiger partial charge in [0.2, 0.25) is 0 Å². The van der Waals surface area contributed by atoms with Crippen LogP contribution in [0.25, 0.3) is 0 Å². The number of carbonyl (C=O) groups is 1. The average molecular weight is 335 g/mol. The van der Waals surface area contributed by atoms with Crippen LogP contribution in [0.15, 0.2) is 47.4 Å². The number of halogens is 1. The first-order chi connectivity index (χ1) is 10.3. The lowest BCUT2D eigenvalue weighted by Crippen LogP contribution is -2.13. The molecule has 0 saturated carbocycles. The number of rotatable bonds is 3. The summed E-state index contributed by atoms with van der Waals surface area (Å²) in [5.41, 5.74) is 1.01. The molecule has 2 rings (SSSR count). The lowest BCUT2D eigenvalue weighted by atomic mass is 10.2. The van der Waals surface area contributed by atoms with E-state index in [0.717, 1.165) is 6.26 Å². The molecule has 5 nitrogen and oxygen atoms in total. The zero-order chi connectivity index (χ0) is 16.3. The molecule has 0 fully saturated rings. The molecule has 0 unspecified atom stereocenters. The summed E-state index contributed by atoms with van der Waals surface area (Å²) >= 11 is 5.84. The summed E-state index contributed by atoms with van der Waals surface area (Å²) < 4.78 is 23.2. The van der Waals surface area contributed by atoms with Crippen LogP contribution < -0.4 is 5.32 Å². The van der Waals surface area contributed by atoms with Crippen LogP contribution in [0.5, 0.6) is 0 Å².